The molecule has 3 rings (SSSR count). The number of carbonyl (C=O) groups excluding carboxylic acids is 2. The minimum atomic E-state index is -0.457. The maximum atomic E-state index is 12.8. The van der Waals surface area contributed by atoms with E-state index in [1.807, 2.05) is 66.7 Å². The first-order chi connectivity index (χ1) is 14.0. The maximum Gasteiger partial charge on any atom is 0.241 e. The lowest BCUT2D eigenvalue weighted by Gasteiger charge is -2.24. The van der Waals surface area contributed by atoms with Crippen LogP contribution < -0.4 is 10.6 Å². The first-order valence-electron chi connectivity index (χ1n) is 9.86. The van der Waals surface area contributed by atoms with Crippen LogP contribution in [0, 0.1) is 0 Å². The molecule has 150 valence electrons. The first kappa shape index (κ1) is 20.6. The molecule has 2 N–H and O–H groups in total. The molecule has 0 saturated carbocycles. The van der Waals surface area contributed by atoms with E-state index in [-0.39, 0.29) is 18.4 Å². The van der Waals surface area contributed by atoms with Gasteiger partial charge in [-0.25, -0.2) is 0 Å². The van der Waals surface area contributed by atoms with Crippen LogP contribution in [-0.2, 0) is 16.0 Å². The Morgan fingerprint density at radius 2 is 1.55 bits per heavy atom. The molecule has 0 radical (unpaired) electrons. The zero-order valence-electron chi connectivity index (χ0n) is 17.1. The van der Waals surface area contributed by atoms with Gasteiger partial charge in [0.1, 0.15) is 0 Å². The summed E-state index contributed by atoms with van der Waals surface area (Å²) in [4.78, 5) is 27.0. The molecule has 3 aromatic carbocycles. The Labute approximate surface area is 171 Å². The van der Waals surface area contributed by atoms with Crippen LogP contribution in [0.5, 0.6) is 0 Å². The number of aryl methyl sites for hydroxylation is 1. The van der Waals surface area contributed by atoms with Gasteiger partial charge in [-0.1, -0.05) is 61.5 Å². The van der Waals surface area contributed by atoms with Gasteiger partial charge >= 0.3 is 0 Å². The van der Waals surface area contributed by atoms with Gasteiger partial charge in [-0.3, -0.25) is 14.5 Å². The molecule has 0 bridgehead atoms. The molecular formula is C24H27N3O2. The third-order valence-corrected chi connectivity index (χ3v) is 5.15. The summed E-state index contributed by atoms with van der Waals surface area (Å²) in [5.41, 5.74) is 2.68. The van der Waals surface area contributed by atoms with E-state index < -0.39 is 6.04 Å². The second kappa shape index (κ2) is 9.34. The Hall–Kier alpha value is -3.18. The summed E-state index contributed by atoms with van der Waals surface area (Å²) in [5, 5.41) is 8.00. The summed E-state index contributed by atoms with van der Waals surface area (Å²) in [6.45, 7) is 3.98. The Balaban J connectivity index is 1.62. The van der Waals surface area contributed by atoms with Crippen LogP contribution in [0.1, 0.15) is 19.4 Å². The monoisotopic (exact) mass is 389 g/mol. The fourth-order valence-electron chi connectivity index (χ4n) is 3.28. The normalized spacial score (nSPS) is 12.0. The second-order valence-corrected chi connectivity index (χ2v) is 7.17. The van der Waals surface area contributed by atoms with Crippen molar-refractivity contribution in [2.24, 2.45) is 0 Å². The summed E-state index contributed by atoms with van der Waals surface area (Å²) in [6.07, 6.45) is 0.843. The number of hydrogen-bond acceptors (Lipinski definition) is 3. The topological polar surface area (TPSA) is 61.4 Å². The number of benzene rings is 3. The van der Waals surface area contributed by atoms with Crippen LogP contribution in [0.4, 0.5) is 11.4 Å². The third kappa shape index (κ3) is 5.00. The van der Waals surface area contributed by atoms with E-state index in [1.54, 1.807) is 18.9 Å². The van der Waals surface area contributed by atoms with E-state index in [2.05, 4.69) is 17.6 Å². The number of rotatable bonds is 7. The van der Waals surface area contributed by atoms with E-state index in [1.165, 1.54) is 0 Å². The number of nitrogens with one attached hydrogen (secondary N) is 2. The van der Waals surface area contributed by atoms with Crippen LogP contribution >= 0.6 is 0 Å². The predicted octanol–water partition coefficient (Wildman–Crippen LogP) is 4.30. The summed E-state index contributed by atoms with van der Waals surface area (Å²) >= 11 is 0. The standard InChI is InChI=1S/C24H27N3O2/c1-4-18-10-6-8-14-21(18)25-23(28)16-27(3)17(2)24(29)26-22-15-9-12-19-11-5-7-13-20(19)22/h5-15,17H,4,16H2,1-3H3,(H,25,28)(H,26,29). The lowest BCUT2D eigenvalue weighted by atomic mass is 10.1. The minimum absolute atomic E-state index is 0.127. The molecule has 5 nitrogen and oxygen atoms in total. The highest BCUT2D eigenvalue weighted by atomic mass is 16.2. The SMILES string of the molecule is CCc1ccccc1NC(=O)CN(C)C(C)C(=O)Nc1cccc2ccccc12. The molecule has 0 aliphatic heterocycles. The van der Waals surface area contributed by atoms with Gasteiger partial charge in [-0.15, -0.1) is 0 Å². The molecule has 0 fully saturated rings. The molecule has 0 aliphatic carbocycles. The highest BCUT2D eigenvalue weighted by Crippen LogP contribution is 2.23. The molecule has 3 aromatic rings. The number of para-hydroxylation sites is 1. The van der Waals surface area contributed by atoms with Crippen molar-refractivity contribution < 1.29 is 9.59 Å². The van der Waals surface area contributed by atoms with Crippen LogP contribution in [0.3, 0.4) is 0 Å². The largest absolute Gasteiger partial charge is 0.325 e. The quantitative estimate of drug-likeness (QED) is 0.633. The van der Waals surface area contributed by atoms with Gasteiger partial charge in [-0.2, -0.15) is 0 Å². The van der Waals surface area contributed by atoms with Crippen molar-refractivity contribution in [1.29, 1.82) is 0 Å². The summed E-state index contributed by atoms with van der Waals surface area (Å²) in [7, 11) is 1.78. The Morgan fingerprint density at radius 3 is 2.34 bits per heavy atom. The number of anilines is 2. The van der Waals surface area contributed by atoms with Gasteiger partial charge in [0.2, 0.25) is 11.8 Å². The smallest absolute Gasteiger partial charge is 0.241 e. The molecule has 0 saturated heterocycles. The Kier molecular flexibility index (Phi) is 6.62. The number of hydrogen-bond donors (Lipinski definition) is 2. The van der Waals surface area contributed by atoms with Gasteiger partial charge in [-0.05, 0) is 43.5 Å². The third-order valence-electron chi connectivity index (χ3n) is 5.15. The van der Waals surface area contributed by atoms with Crippen molar-refractivity contribution in [2.75, 3.05) is 24.2 Å². The van der Waals surface area contributed by atoms with Crippen molar-refractivity contribution in [3.8, 4) is 0 Å². The molecule has 1 atom stereocenters. The molecule has 0 heterocycles. The molecule has 1 unspecified atom stereocenters. The summed E-state index contributed by atoms with van der Waals surface area (Å²) < 4.78 is 0. The van der Waals surface area contributed by atoms with E-state index in [0.717, 1.165) is 34.1 Å². The van der Waals surface area contributed by atoms with Gasteiger partial charge < -0.3 is 10.6 Å². The second-order valence-electron chi connectivity index (χ2n) is 7.17. The van der Waals surface area contributed by atoms with Gasteiger partial charge in [0.05, 0.1) is 12.6 Å². The first-order valence-corrected chi connectivity index (χ1v) is 9.86. The summed E-state index contributed by atoms with van der Waals surface area (Å²) in [6, 6.07) is 21.0. The summed E-state index contributed by atoms with van der Waals surface area (Å²) in [5.74, 6) is -0.288. The van der Waals surface area contributed by atoms with E-state index >= 15 is 0 Å². The number of fused-ring (bicyclic) bond motifs is 1. The number of likely N-dealkylation sites (N-methyl/N-ethyl adjacent to an activating group) is 1. The predicted molar refractivity (Wildman–Crippen MR) is 119 cm³/mol. The average Bonchev–Trinajstić information content (AvgIpc) is 2.73. The molecule has 0 aromatic heterocycles. The minimum Gasteiger partial charge on any atom is -0.325 e. The zero-order chi connectivity index (χ0) is 20.8. The van der Waals surface area contributed by atoms with E-state index in [9.17, 15) is 9.59 Å². The zero-order valence-corrected chi connectivity index (χ0v) is 17.1. The average molecular weight is 389 g/mol. The lowest BCUT2D eigenvalue weighted by molar-refractivity contribution is -0.122. The van der Waals surface area contributed by atoms with Crippen molar-refractivity contribution in [1.82, 2.24) is 4.90 Å². The molecule has 0 spiro atoms. The van der Waals surface area contributed by atoms with Gasteiger partial charge in [0.15, 0.2) is 0 Å². The van der Waals surface area contributed by atoms with Crippen LogP contribution in [0.2, 0.25) is 0 Å². The molecule has 2 amide bonds. The van der Waals surface area contributed by atoms with Crippen LogP contribution in [0.25, 0.3) is 10.8 Å². The fourth-order valence-corrected chi connectivity index (χ4v) is 3.28. The number of nitrogens with zero attached hydrogens (tertiary/aromatic N) is 1. The highest BCUT2D eigenvalue weighted by molar-refractivity contribution is 6.04. The highest BCUT2D eigenvalue weighted by Gasteiger charge is 2.21. The van der Waals surface area contributed by atoms with E-state index in [4.69, 9.17) is 0 Å². The molecule has 0 aliphatic rings. The van der Waals surface area contributed by atoms with E-state index in [0.29, 0.717) is 0 Å². The van der Waals surface area contributed by atoms with Gasteiger partial charge in [0, 0.05) is 16.8 Å². The van der Waals surface area contributed by atoms with Crippen LogP contribution in [-0.4, -0.2) is 36.3 Å². The fraction of sp³-hybridized carbons (Fsp3) is 0.250. The van der Waals surface area contributed by atoms with Crippen molar-refractivity contribution in [3.63, 3.8) is 0 Å². The molecular weight excluding hydrogens is 362 g/mol. The van der Waals surface area contributed by atoms with Crippen LogP contribution in [0.15, 0.2) is 66.7 Å². The number of carbonyl (C=O) groups is 2. The van der Waals surface area contributed by atoms with Crippen molar-refractivity contribution >= 4 is 34.0 Å². The Bertz CT molecular complexity index is 1010. The molecule has 29 heavy (non-hydrogen) atoms. The van der Waals surface area contributed by atoms with Crippen molar-refractivity contribution in [2.45, 2.75) is 26.3 Å². The maximum absolute atomic E-state index is 12.8. The Morgan fingerprint density at radius 1 is 0.897 bits per heavy atom. The van der Waals surface area contributed by atoms with Gasteiger partial charge in [0.25, 0.3) is 0 Å². The molecule has 5 heteroatoms. The van der Waals surface area contributed by atoms with Crippen molar-refractivity contribution in [3.05, 3.63) is 72.3 Å². The number of amides is 2. The lowest BCUT2D eigenvalue weighted by Crippen LogP contribution is -2.43.